The largest absolute Gasteiger partial charge is 0.347 e. The lowest BCUT2D eigenvalue weighted by molar-refractivity contribution is -0.129. The highest BCUT2D eigenvalue weighted by Crippen LogP contribution is 2.23. The molecule has 2 amide bonds. The molecule has 0 bridgehead atoms. The highest BCUT2D eigenvalue weighted by molar-refractivity contribution is 7.89. The van der Waals surface area contributed by atoms with Crippen LogP contribution in [0.15, 0.2) is 29.3 Å². The lowest BCUT2D eigenvalue weighted by Gasteiger charge is -2.33. The monoisotopic (exact) mass is 458 g/mol. The molecule has 13 heteroatoms. The van der Waals surface area contributed by atoms with Gasteiger partial charge in [-0.3, -0.25) is 9.59 Å². The van der Waals surface area contributed by atoms with Crippen molar-refractivity contribution in [2.75, 3.05) is 40.3 Å². The van der Waals surface area contributed by atoms with Crippen molar-refractivity contribution in [1.29, 1.82) is 0 Å². The van der Waals surface area contributed by atoms with E-state index in [0.29, 0.717) is 0 Å². The number of benzene rings is 1. The second-order valence-corrected chi connectivity index (χ2v) is 9.21. The number of nitrogens with zero attached hydrogens (tertiary/aromatic N) is 6. The number of aromatic nitrogens is 3. The molecular formula is C17H20ClFN6O4S. The lowest BCUT2D eigenvalue weighted by Crippen LogP contribution is -2.50. The van der Waals surface area contributed by atoms with E-state index in [1.807, 2.05) is 0 Å². The van der Waals surface area contributed by atoms with Crippen molar-refractivity contribution in [3.05, 3.63) is 40.9 Å². The summed E-state index contributed by atoms with van der Waals surface area (Å²) >= 11 is 5.69. The van der Waals surface area contributed by atoms with Crippen LogP contribution in [0, 0.1) is 5.82 Å². The lowest BCUT2D eigenvalue weighted by atomic mass is 10.3. The first-order valence-electron chi connectivity index (χ1n) is 8.94. The highest BCUT2D eigenvalue weighted by atomic mass is 35.5. The van der Waals surface area contributed by atoms with Crippen molar-refractivity contribution in [3.63, 3.8) is 0 Å². The first kappa shape index (κ1) is 22.1. The molecule has 3 rings (SSSR count). The molecule has 0 saturated carbocycles. The Labute approximate surface area is 177 Å². The van der Waals surface area contributed by atoms with Crippen molar-refractivity contribution in [2.45, 2.75) is 11.4 Å². The summed E-state index contributed by atoms with van der Waals surface area (Å²) in [6, 6.07) is 3.22. The number of rotatable bonds is 5. The van der Waals surface area contributed by atoms with Crippen molar-refractivity contribution in [1.82, 2.24) is 29.1 Å². The van der Waals surface area contributed by atoms with Gasteiger partial charge in [-0.05, 0) is 18.2 Å². The maximum atomic E-state index is 13.3. The van der Waals surface area contributed by atoms with Gasteiger partial charge in [-0.15, -0.1) is 5.10 Å². The van der Waals surface area contributed by atoms with Gasteiger partial charge in [0.25, 0.3) is 5.91 Å². The van der Waals surface area contributed by atoms with E-state index in [1.165, 1.54) is 25.0 Å². The molecule has 2 aromatic rings. The number of amides is 2. The van der Waals surface area contributed by atoms with Gasteiger partial charge in [0.2, 0.25) is 15.9 Å². The number of hydrogen-bond acceptors (Lipinski definition) is 6. The zero-order valence-corrected chi connectivity index (χ0v) is 17.9. The van der Waals surface area contributed by atoms with E-state index >= 15 is 0 Å². The Bertz CT molecular complexity index is 1070. The molecule has 0 aliphatic carbocycles. The van der Waals surface area contributed by atoms with Gasteiger partial charge in [-0.1, -0.05) is 16.8 Å². The Hall–Kier alpha value is -2.57. The third-order valence-corrected chi connectivity index (χ3v) is 6.79. The van der Waals surface area contributed by atoms with Crippen LogP contribution in [0.3, 0.4) is 0 Å². The van der Waals surface area contributed by atoms with E-state index in [2.05, 4.69) is 10.3 Å². The van der Waals surface area contributed by atoms with Crippen LogP contribution in [0.4, 0.5) is 4.39 Å². The topological polar surface area (TPSA) is 109 Å². The van der Waals surface area contributed by atoms with Crippen LogP contribution >= 0.6 is 11.6 Å². The van der Waals surface area contributed by atoms with Crippen LogP contribution in [-0.2, 0) is 21.4 Å². The number of carbonyl (C=O) groups is 2. The second kappa shape index (κ2) is 8.66. The van der Waals surface area contributed by atoms with Gasteiger partial charge in [0, 0.05) is 40.3 Å². The number of sulfonamides is 1. The number of carbonyl (C=O) groups excluding carboxylic acids is 2. The molecule has 1 aliphatic rings. The highest BCUT2D eigenvalue weighted by Gasteiger charge is 2.31. The molecule has 0 spiro atoms. The van der Waals surface area contributed by atoms with Crippen LogP contribution in [0.1, 0.15) is 10.5 Å². The molecule has 0 N–H and O–H groups in total. The van der Waals surface area contributed by atoms with E-state index in [-0.39, 0.29) is 54.2 Å². The molecule has 30 heavy (non-hydrogen) atoms. The Morgan fingerprint density at radius 2 is 1.87 bits per heavy atom. The van der Waals surface area contributed by atoms with Crippen molar-refractivity contribution >= 4 is 33.4 Å². The number of halogens is 2. The number of likely N-dealkylation sites (N-methyl/N-ethyl adjacent to an activating group) is 1. The van der Waals surface area contributed by atoms with E-state index in [9.17, 15) is 22.4 Å². The molecule has 0 radical (unpaired) electrons. The first-order chi connectivity index (χ1) is 14.1. The predicted molar refractivity (Wildman–Crippen MR) is 105 cm³/mol. The molecule has 10 nitrogen and oxygen atoms in total. The minimum Gasteiger partial charge on any atom is -0.347 e. The number of piperazine rings is 1. The standard InChI is InChI=1S/C17H20ClFN6O4S/c1-22(2)16(26)11-24-10-15(20-21-24)17(27)23-5-7-25(8-6-23)30(28,29)12-3-4-14(19)13(18)9-12/h3-4,9-10H,5-8,11H2,1-2H3. The Balaban J connectivity index is 1.64. The molecule has 1 aromatic heterocycles. The summed E-state index contributed by atoms with van der Waals surface area (Å²) in [7, 11) is -0.643. The summed E-state index contributed by atoms with van der Waals surface area (Å²) in [4.78, 5) is 27.1. The van der Waals surface area contributed by atoms with Gasteiger partial charge in [0.15, 0.2) is 5.69 Å². The molecule has 0 atom stereocenters. The normalized spacial score (nSPS) is 15.3. The predicted octanol–water partition coefficient (Wildman–Crippen LogP) is 0.305. The maximum Gasteiger partial charge on any atom is 0.276 e. The van der Waals surface area contributed by atoms with E-state index in [0.717, 1.165) is 18.2 Å². The van der Waals surface area contributed by atoms with Gasteiger partial charge >= 0.3 is 0 Å². The van der Waals surface area contributed by atoms with Crippen LogP contribution in [0.2, 0.25) is 5.02 Å². The molecule has 0 unspecified atom stereocenters. The second-order valence-electron chi connectivity index (χ2n) is 6.86. The SMILES string of the molecule is CN(C)C(=O)Cn1cc(C(=O)N2CCN(S(=O)(=O)c3ccc(F)c(Cl)c3)CC2)nn1. The smallest absolute Gasteiger partial charge is 0.276 e. The summed E-state index contributed by atoms with van der Waals surface area (Å²) in [5.41, 5.74) is 0.0724. The van der Waals surface area contributed by atoms with Gasteiger partial charge in [-0.2, -0.15) is 4.31 Å². The van der Waals surface area contributed by atoms with E-state index in [4.69, 9.17) is 11.6 Å². The molecule has 1 aromatic carbocycles. The minimum absolute atomic E-state index is 0.0421. The molecule has 2 heterocycles. The fourth-order valence-corrected chi connectivity index (χ4v) is 4.53. The van der Waals surface area contributed by atoms with E-state index < -0.39 is 21.7 Å². The summed E-state index contributed by atoms with van der Waals surface area (Å²) in [5, 5.41) is 7.31. The van der Waals surface area contributed by atoms with Gasteiger partial charge in [0.05, 0.1) is 16.1 Å². The van der Waals surface area contributed by atoms with Crippen LogP contribution in [0.5, 0.6) is 0 Å². The first-order valence-corrected chi connectivity index (χ1v) is 10.8. The van der Waals surface area contributed by atoms with Crippen LogP contribution in [0.25, 0.3) is 0 Å². The molecule has 1 aliphatic heterocycles. The molecular weight excluding hydrogens is 439 g/mol. The number of hydrogen-bond donors (Lipinski definition) is 0. The van der Waals surface area contributed by atoms with Gasteiger partial charge < -0.3 is 9.80 Å². The maximum absolute atomic E-state index is 13.3. The molecule has 162 valence electrons. The average molecular weight is 459 g/mol. The van der Waals surface area contributed by atoms with Crippen molar-refractivity contribution < 1.29 is 22.4 Å². The molecule has 1 fully saturated rings. The quantitative estimate of drug-likeness (QED) is 0.637. The minimum atomic E-state index is -3.86. The van der Waals surface area contributed by atoms with Crippen LogP contribution in [-0.4, -0.2) is 89.6 Å². The van der Waals surface area contributed by atoms with Crippen LogP contribution < -0.4 is 0 Å². The third-order valence-electron chi connectivity index (χ3n) is 4.61. The fraction of sp³-hybridized carbons (Fsp3) is 0.412. The average Bonchev–Trinajstić information content (AvgIpc) is 3.17. The summed E-state index contributed by atoms with van der Waals surface area (Å²) in [6.07, 6.45) is 1.38. The summed E-state index contributed by atoms with van der Waals surface area (Å²) in [6.45, 7) is 0.388. The zero-order chi connectivity index (χ0) is 22.1. The Kier molecular flexibility index (Phi) is 6.38. The van der Waals surface area contributed by atoms with Crippen molar-refractivity contribution in [2.24, 2.45) is 0 Å². The zero-order valence-electron chi connectivity index (χ0n) is 16.3. The van der Waals surface area contributed by atoms with Crippen molar-refractivity contribution in [3.8, 4) is 0 Å². The van der Waals surface area contributed by atoms with E-state index in [1.54, 1.807) is 14.1 Å². The summed E-state index contributed by atoms with van der Waals surface area (Å²) < 4.78 is 41.3. The Morgan fingerprint density at radius 3 is 2.47 bits per heavy atom. The third kappa shape index (κ3) is 4.60. The molecule has 1 saturated heterocycles. The van der Waals surface area contributed by atoms with Gasteiger partial charge in [-0.25, -0.2) is 17.5 Å². The summed E-state index contributed by atoms with van der Waals surface area (Å²) in [5.74, 6) is -1.30. The Morgan fingerprint density at radius 1 is 1.20 bits per heavy atom. The van der Waals surface area contributed by atoms with Gasteiger partial charge in [0.1, 0.15) is 12.4 Å². The fourth-order valence-electron chi connectivity index (χ4n) is 2.83.